The van der Waals surface area contributed by atoms with E-state index < -0.39 is 23.9 Å². The van der Waals surface area contributed by atoms with Crippen LogP contribution in [0.3, 0.4) is 0 Å². The van der Waals surface area contributed by atoms with Crippen LogP contribution in [-0.4, -0.2) is 22.7 Å². The lowest BCUT2D eigenvalue weighted by atomic mass is 9.75. The van der Waals surface area contributed by atoms with Gasteiger partial charge in [0.2, 0.25) is 5.67 Å². The maximum absolute atomic E-state index is 15.6. The highest BCUT2D eigenvalue weighted by Crippen LogP contribution is 2.45. The van der Waals surface area contributed by atoms with Gasteiger partial charge < -0.3 is 10.4 Å². The molecule has 4 nitrogen and oxygen atoms in total. The van der Waals surface area contributed by atoms with E-state index in [0.717, 1.165) is 0 Å². The average molecular weight is 401 g/mol. The molecule has 0 fully saturated rings. The van der Waals surface area contributed by atoms with Gasteiger partial charge in [-0.1, -0.05) is 35.3 Å². The second-order valence-electron chi connectivity index (χ2n) is 6.28. The smallest absolute Gasteiger partial charge is 0.262 e. The summed E-state index contributed by atoms with van der Waals surface area (Å²) < 4.78 is 28.9. The molecule has 0 saturated carbocycles. The minimum absolute atomic E-state index is 0.00345. The zero-order valence-corrected chi connectivity index (χ0v) is 15.1. The average Bonchev–Trinajstić information content (AvgIpc) is 2.64. The Morgan fingerprint density at radius 1 is 1.31 bits per heavy atom. The Hall–Kier alpha value is -1.76. The number of fused-ring (bicyclic) bond motifs is 1. The third-order valence-corrected chi connectivity index (χ3v) is 5.18. The zero-order chi connectivity index (χ0) is 18.9. The minimum atomic E-state index is -2.41. The maximum Gasteiger partial charge on any atom is 0.262 e. The van der Waals surface area contributed by atoms with Crippen LogP contribution in [0.25, 0.3) is 0 Å². The van der Waals surface area contributed by atoms with Crippen LogP contribution in [0, 0.1) is 0 Å². The first-order valence-corrected chi connectivity index (χ1v) is 8.71. The topological polar surface area (TPSA) is 62.2 Å². The van der Waals surface area contributed by atoms with Crippen molar-refractivity contribution < 1.29 is 18.7 Å². The number of rotatable bonds is 4. The van der Waals surface area contributed by atoms with Gasteiger partial charge in [-0.25, -0.2) is 8.78 Å². The highest BCUT2D eigenvalue weighted by molar-refractivity contribution is 6.35. The van der Waals surface area contributed by atoms with Gasteiger partial charge >= 0.3 is 0 Å². The molecule has 0 spiro atoms. The van der Waals surface area contributed by atoms with Crippen molar-refractivity contribution in [3.63, 3.8) is 0 Å². The van der Waals surface area contributed by atoms with Crippen LogP contribution >= 0.6 is 23.2 Å². The van der Waals surface area contributed by atoms with Gasteiger partial charge in [-0.3, -0.25) is 9.78 Å². The number of benzene rings is 1. The van der Waals surface area contributed by atoms with Crippen molar-refractivity contribution in [1.82, 2.24) is 10.3 Å². The molecule has 2 N–H and O–H groups in total. The Bertz CT molecular complexity index is 852. The van der Waals surface area contributed by atoms with Crippen LogP contribution in [0.4, 0.5) is 8.78 Å². The molecule has 26 heavy (non-hydrogen) atoms. The monoisotopic (exact) mass is 400 g/mol. The first kappa shape index (κ1) is 19.0. The molecule has 1 aliphatic rings. The molecule has 8 heteroatoms. The number of hydrogen-bond acceptors (Lipinski definition) is 3. The number of alkyl halides is 2. The molecule has 2 unspecified atom stereocenters. The number of aromatic nitrogens is 1. The summed E-state index contributed by atoms with van der Waals surface area (Å²) in [6.45, 7) is -1.10. The maximum atomic E-state index is 15.6. The third kappa shape index (κ3) is 3.29. The SMILES string of the molecule is O=C(NCc1ccc(Cl)cc1Cl)C1(F)CCC(O)(CF)c2ncccc21. The number of hydrogen-bond donors (Lipinski definition) is 2. The second-order valence-corrected chi connectivity index (χ2v) is 7.13. The summed E-state index contributed by atoms with van der Waals surface area (Å²) in [7, 11) is 0. The van der Waals surface area contributed by atoms with Crippen LogP contribution in [0.1, 0.15) is 29.7 Å². The van der Waals surface area contributed by atoms with Gasteiger partial charge in [-0.15, -0.1) is 0 Å². The normalized spacial score (nSPS) is 24.8. The molecule has 1 aromatic carbocycles. The second kappa shape index (κ2) is 7.10. The molecular formula is C18H16Cl2F2N2O2. The highest BCUT2D eigenvalue weighted by Gasteiger charge is 2.52. The lowest BCUT2D eigenvalue weighted by Gasteiger charge is -2.38. The van der Waals surface area contributed by atoms with Crippen LogP contribution in [0.15, 0.2) is 36.5 Å². The number of amides is 1. The standard InChI is InChI=1S/C18H16Cl2F2N2O2/c19-12-4-3-11(14(20)8-12)9-24-16(25)18(22)6-5-17(26,10-21)15-13(18)2-1-7-23-15/h1-4,7-8,26H,5-6,9-10H2,(H,24,25). The summed E-state index contributed by atoms with van der Waals surface area (Å²) in [5, 5.41) is 13.7. The summed E-state index contributed by atoms with van der Waals surface area (Å²) in [4.78, 5) is 16.5. The third-order valence-electron chi connectivity index (χ3n) is 4.59. The summed E-state index contributed by atoms with van der Waals surface area (Å²) in [6.07, 6.45) is 0.724. The van der Waals surface area contributed by atoms with Crippen molar-refractivity contribution >= 4 is 29.1 Å². The van der Waals surface area contributed by atoms with Crippen LogP contribution in [0.5, 0.6) is 0 Å². The van der Waals surface area contributed by atoms with Gasteiger partial charge in [-0.05, 0) is 36.6 Å². The van der Waals surface area contributed by atoms with Crippen molar-refractivity contribution in [3.05, 3.63) is 63.4 Å². The van der Waals surface area contributed by atoms with Crippen LogP contribution in [0.2, 0.25) is 10.0 Å². The molecule has 0 radical (unpaired) electrons. The zero-order valence-electron chi connectivity index (χ0n) is 13.6. The van der Waals surface area contributed by atoms with Crippen molar-refractivity contribution in [3.8, 4) is 0 Å². The Labute approximate surface area is 159 Å². The molecule has 0 aliphatic heterocycles. The van der Waals surface area contributed by atoms with Gasteiger partial charge in [0, 0.05) is 28.4 Å². The van der Waals surface area contributed by atoms with Crippen molar-refractivity contribution in [2.24, 2.45) is 0 Å². The number of nitrogens with zero attached hydrogens (tertiary/aromatic N) is 1. The summed E-state index contributed by atoms with van der Waals surface area (Å²) in [6, 6.07) is 7.56. The predicted molar refractivity (Wildman–Crippen MR) is 94.4 cm³/mol. The lowest BCUT2D eigenvalue weighted by molar-refractivity contribution is -0.137. The Morgan fingerprint density at radius 3 is 2.77 bits per heavy atom. The highest BCUT2D eigenvalue weighted by atomic mass is 35.5. The quantitative estimate of drug-likeness (QED) is 0.819. The molecule has 2 aromatic rings. The Kier molecular flexibility index (Phi) is 5.19. The molecule has 138 valence electrons. The lowest BCUT2D eigenvalue weighted by Crippen LogP contribution is -2.48. The van der Waals surface area contributed by atoms with Crippen molar-refractivity contribution in [1.29, 1.82) is 0 Å². The fourth-order valence-corrected chi connectivity index (χ4v) is 3.55. The number of halogens is 4. The van der Waals surface area contributed by atoms with Gasteiger partial charge in [0.25, 0.3) is 5.91 Å². The first-order chi connectivity index (χ1) is 12.3. The molecule has 1 amide bonds. The minimum Gasteiger partial charge on any atom is -0.381 e. The van der Waals surface area contributed by atoms with E-state index in [1.807, 2.05) is 0 Å². The number of carbonyl (C=O) groups excluding carboxylic acids is 1. The number of carbonyl (C=O) groups is 1. The number of pyridine rings is 1. The van der Waals surface area contributed by atoms with E-state index in [9.17, 15) is 14.3 Å². The molecule has 3 rings (SSSR count). The van der Waals surface area contributed by atoms with Gasteiger partial charge in [0.05, 0.1) is 5.69 Å². The van der Waals surface area contributed by atoms with Gasteiger partial charge in [-0.2, -0.15) is 0 Å². The van der Waals surface area contributed by atoms with Gasteiger partial charge in [0.15, 0.2) is 0 Å². The fraction of sp³-hybridized carbons (Fsp3) is 0.333. The first-order valence-electron chi connectivity index (χ1n) is 7.95. The van der Waals surface area contributed by atoms with E-state index in [0.29, 0.717) is 15.6 Å². The van der Waals surface area contributed by atoms with Crippen molar-refractivity contribution in [2.75, 3.05) is 6.67 Å². The van der Waals surface area contributed by atoms with Crippen LogP contribution < -0.4 is 5.32 Å². The van der Waals surface area contributed by atoms with Crippen molar-refractivity contribution in [2.45, 2.75) is 30.7 Å². The Morgan fingerprint density at radius 2 is 2.08 bits per heavy atom. The van der Waals surface area contributed by atoms with E-state index in [4.69, 9.17) is 23.2 Å². The number of nitrogens with one attached hydrogen (secondary N) is 1. The van der Waals surface area contributed by atoms with E-state index in [1.165, 1.54) is 24.4 Å². The molecular weight excluding hydrogens is 385 g/mol. The molecule has 0 saturated heterocycles. The largest absolute Gasteiger partial charge is 0.381 e. The molecule has 1 aromatic heterocycles. The molecule has 1 heterocycles. The molecule has 2 atom stereocenters. The fourth-order valence-electron chi connectivity index (χ4n) is 3.07. The van der Waals surface area contributed by atoms with E-state index in [-0.39, 0.29) is 30.6 Å². The number of aliphatic hydroxyl groups is 1. The van der Waals surface area contributed by atoms with Gasteiger partial charge in [0.1, 0.15) is 12.3 Å². The summed E-state index contributed by atoms with van der Waals surface area (Å²) >= 11 is 11.9. The Balaban J connectivity index is 1.85. The summed E-state index contributed by atoms with van der Waals surface area (Å²) in [5.74, 6) is -0.890. The molecule has 0 bridgehead atoms. The predicted octanol–water partition coefficient (Wildman–Crippen LogP) is 3.82. The van der Waals surface area contributed by atoms with E-state index in [1.54, 1.807) is 12.1 Å². The molecule has 1 aliphatic carbocycles. The van der Waals surface area contributed by atoms with E-state index in [2.05, 4.69) is 10.3 Å². The van der Waals surface area contributed by atoms with E-state index >= 15 is 4.39 Å². The summed E-state index contributed by atoms with van der Waals surface area (Å²) in [5.41, 5.74) is -3.98. The van der Waals surface area contributed by atoms with Crippen LogP contribution in [-0.2, 0) is 22.6 Å².